The smallest absolute Gasteiger partial charge is 0.335 e. The van der Waals surface area contributed by atoms with Gasteiger partial charge < -0.3 is 9.67 Å². The topological polar surface area (TPSA) is 59.3 Å². The normalized spacial score (nSPS) is 10.8. The number of fused-ring (bicyclic) bond motifs is 1. The predicted molar refractivity (Wildman–Crippen MR) is 88.4 cm³/mol. The van der Waals surface area contributed by atoms with Crippen molar-refractivity contribution in [3.05, 3.63) is 80.7 Å². The van der Waals surface area contributed by atoms with E-state index in [1.807, 2.05) is 24.3 Å². The van der Waals surface area contributed by atoms with Crippen molar-refractivity contribution in [2.24, 2.45) is 0 Å². The molecule has 110 valence electrons. The average molecular weight is 358 g/mol. The van der Waals surface area contributed by atoms with Gasteiger partial charge in [-0.05, 0) is 47.3 Å². The van der Waals surface area contributed by atoms with Crippen LogP contribution in [0.3, 0.4) is 0 Å². The third-order valence-corrected chi connectivity index (χ3v) is 3.96. The number of carboxylic acid groups (broad SMARTS) is 1. The van der Waals surface area contributed by atoms with Gasteiger partial charge in [-0.25, -0.2) is 4.79 Å². The first-order valence-electron chi connectivity index (χ1n) is 6.65. The van der Waals surface area contributed by atoms with E-state index >= 15 is 0 Å². The summed E-state index contributed by atoms with van der Waals surface area (Å²) in [6.45, 7) is 0.339. The number of hydrogen-bond donors (Lipinski definition) is 1. The molecule has 0 amide bonds. The SMILES string of the molecule is O=C(O)c1cccc(Cn2ccc3cc(Br)ccc3c2=O)c1. The third kappa shape index (κ3) is 2.80. The van der Waals surface area contributed by atoms with Crippen LogP contribution in [0.15, 0.2) is 64.0 Å². The first-order chi connectivity index (χ1) is 10.5. The number of aromatic nitrogens is 1. The lowest BCUT2D eigenvalue weighted by Crippen LogP contribution is -2.20. The lowest BCUT2D eigenvalue weighted by Gasteiger charge is -2.08. The van der Waals surface area contributed by atoms with Crippen LogP contribution in [0.1, 0.15) is 15.9 Å². The first kappa shape index (κ1) is 14.5. The second-order valence-corrected chi connectivity index (χ2v) is 5.90. The van der Waals surface area contributed by atoms with Crippen molar-refractivity contribution in [2.75, 3.05) is 0 Å². The fourth-order valence-corrected chi connectivity index (χ4v) is 2.76. The van der Waals surface area contributed by atoms with Gasteiger partial charge >= 0.3 is 5.97 Å². The maximum Gasteiger partial charge on any atom is 0.335 e. The van der Waals surface area contributed by atoms with Crippen LogP contribution in [0.2, 0.25) is 0 Å². The number of benzene rings is 2. The first-order valence-corrected chi connectivity index (χ1v) is 7.45. The van der Waals surface area contributed by atoms with Crippen molar-refractivity contribution in [1.82, 2.24) is 4.57 Å². The Morgan fingerprint density at radius 1 is 1.14 bits per heavy atom. The number of rotatable bonds is 3. The van der Waals surface area contributed by atoms with E-state index in [1.54, 1.807) is 29.0 Å². The van der Waals surface area contributed by atoms with Crippen LogP contribution in [0.5, 0.6) is 0 Å². The summed E-state index contributed by atoms with van der Waals surface area (Å²) in [6, 6.07) is 14.0. The van der Waals surface area contributed by atoms with Gasteiger partial charge in [-0.2, -0.15) is 0 Å². The molecule has 3 aromatic rings. The van der Waals surface area contributed by atoms with Crippen LogP contribution in [-0.2, 0) is 6.54 Å². The molecule has 22 heavy (non-hydrogen) atoms. The van der Waals surface area contributed by atoms with Gasteiger partial charge in [-0.1, -0.05) is 28.1 Å². The summed E-state index contributed by atoms with van der Waals surface area (Å²) in [4.78, 5) is 23.5. The van der Waals surface area contributed by atoms with Gasteiger partial charge in [-0.15, -0.1) is 0 Å². The molecule has 0 aliphatic carbocycles. The second kappa shape index (κ2) is 5.77. The maximum absolute atomic E-state index is 12.5. The highest BCUT2D eigenvalue weighted by atomic mass is 79.9. The Bertz CT molecular complexity index is 931. The molecular weight excluding hydrogens is 346 g/mol. The molecule has 0 aliphatic rings. The molecule has 0 saturated carbocycles. The van der Waals surface area contributed by atoms with Gasteiger partial charge in [-0.3, -0.25) is 4.79 Å². The molecule has 1 N–H and O–H groups in total. The van der Waals surface area contributed by atoms with Crippen LogP contribution >= 0.6 is 15.9 Å². The molecule has 0 aliphatic heterocycles. The average Bonchev–Trinajstić information content (AvgIpc) is 2.50. The number of halogens is 1. The summed E-state index contributed by atoms with van der Waals surface area (Å²) in [5.41, 5.74) is 0.902. The van der Waals surface area contributed by atoms with Gasteiger partial charge in [0.1, 0.15) is 0 Å². The molecule has 0 saturated heterocycles. The van der Waals surface area contributed by atoms with Crippen molar-refractivity contribution >= 4 is 32.7 Å². The van der Waals surface area contributed by atoms with Crippen molar-refractivity contribution in [2.45, 2.75) is 6.54 Å². The zero-order chi connectivity index (χ0) is 15.7. The number of hydrogen-bond acceptors (Lipinski definition) is 2. The number of carboxylic acids is 1. The zero-order valence-corrected chi connectivity index (χ0v) is 13.1. The Balaban J connectivity index is 2.03. The standard InChI is InChI=1S/C17H12BrNO3/c18-14-4-5-15-12(9-14)6-7-19(16(15)20)10-11-2-1-3-13(8-11)17(21)22/h1-9H,10H2,(H,21,22). The molecule has 0 atom stereocenters. The van der Waals surface area contributed by atoms with Gasteiger partial charge in [0, 0.05) is 16.1 Å². The molecular formula is C17H12BrNO3. The van der Waals surface area contributed by atoms with Crippen LogP contribution in [0, 0.1) is 0 Å². The van der Waals surface area contributed by atoms with Crippen LogP contribution in [0.25, 0.3) is 10.8 Å². The summed E-state index contributed by atoms with van der Waals surface area (Å²) in [6.07, 6.45) is 1.73. The van der Waals surface area contributed by atoms with E-state index in [-0.39, 0.29) is 11.1 Å². The highest BCUT2D eigenvalue weighted by molar-refractivity contribution is 9.10. The van der Waals surface area contributed by atoms with Gasteiger partial charge in [0.2, 0.25) is 0 Å². The molecule has 5 heteroatoms. The summed E-state index contributed by atoms with van der Waals surface area (Å²) in [5, 5.41) is 10.5. The lowest BCUT2D eigenvalue weighted by atomic mass is 10.1. The zero-order valence-electron chi connectivity index (χ0n) is 11.5. The van der Waals surface area contributed by atoms with E-state index < -0.39 is 5.97 Å². The Kier molecular flexibility index (Phi) is 3.81. The third-order valence-electron chi connectivity index (χ3n) is 3.47. The van der Waals surface area contributed by atoms with E-state index in [0.29, 0.717) is 11.9 Å². The minimum Gasteiger partial charge on any atom is -0.478 e. The number of aromatic carboxylic acids is 1. The van der Waals surface area contributed by atoms with E-state index in [1.165, 1.54) is 6.07 Å². The maximum atomic E-state index is 12.5. The summed E-state index contributed by atoms with van der Waals surface area (Å²) < 4.78 is 2.50. The highest BCUT2D eigenvalue weighted by Gasteiger charge is 2.06. The number of nitrogens with zero attached hydrogens (tertiary/aromatic N) is 1. The largest absolute Gasteiger partial charge is 0.478 e. The Labute approximate surface area is 134 Å². The quantitative estimate of drug-likeness (QED) is 0.780. The monoisotopic (exact) mass is 357 g/mol. The minimum absolute atomic E-state index is 0.0919. The molecule has 0 unspecified atom stereocenters. The van der Waals surface area contributed by atoms with E-state index in [0.717, 1.165) is 15.4 Å². The van der Waals surface area contributed by atoms with Crippen molar-refractivity contribution < 1.29 is 9.90 Å². The van der Waals surface area contributed by atoms with Crippen LogP contribution < -0.4 is 5.56 Å². The Hall–Kier alpha value is -2.40. The molecule has 2 aromatic carbocycles. The minimum atomic E-state index is -0.974. The molecule has 0 bridgehead atoms. The van der Waals surface area contributed by atoms with Crippen LogP contribution in [-0.4, -0.2) is 15.6 Å². The molecule has 0 spiro atoms. The number of pyridine rings is 1. The van der Waals surface area contributed by atoms with Gasteiger partial charge in [0.25, 0.3) is 5.56 Å². The molecule has 4 nitrogen and oxygen atoms in total. The molecule has 0 fully saturated rings. The van der Waals surface area contributed by atoms with Crippen LogP contribution in [0.4, 0.5) is 0 Å². The van der Waals surface area contributed by atoms with Crippen molar-refractivity contribution in [3.8, 4) is 0 Å². The fourth-order valence-electron chi connectivity index (χ4n) is 2.38. The van der Waals surface area contributed by atoms with E-state index in [2.05, 4.69) is 15.9 Å². The Morgan fingerprint density at radius 3 is 2.73 bits per heavy atom. The van der Waals surface area contributed by atoms with E-state index in [9.17, 15) is 9.59 Å². The van der Waals surface area contributed by atoms with Gasteiger partial charge in [0.05, 0.1) is 12.1 Å². The highest BCUT2D eigenvalue weighted by Crippen LogP contribution is 2.17. The van der Waals surface area contributed by atoms with E-state index in [4.69, 9.17) is 5.11 Å². The molecule has 0 radical (unpaired) electrons. The summed E-state index contributed by atoms with van der Waals surface area (Å²) >= 11 is 3.39. The number of carbonyl (C=O) groups is 1. The second-order valence-electron chi connectivity index (χ2n) is 4.99. The fraction of sp³-hybridized carbons (Fsp3) is 0.0588. The summed E-state index contributed by atoms with van der Waals surface area (Å²) in [5.74, 6) is -0.974. The summed E-state index contributed by atoms with van der Waals surface area (Å²) in [7, 11) is 0. The lowest BCUT2D eigenvalue weighted by molar-refractivity contribution is 0.0696. The van der Waals surface area contributed by atoms with Crippen molar-refractivity contribution in [3.63, 3.8) is 0 Å². The van der Waals surface area contributed by atoms with Gasteiger partial charge in [0.15, 0.2) is 0 Å². The van der Waals surface area contributed by atoms with Crippen molar-refractivity contribution in [1.29, 1.82) is 0 Å². The predicted octanol–water partition coefficient (Wildman–Crippen LogP) is 3.51. The Morgan fingerprint density at radius 2 is 1.95 bits per heavy atom. The molecule has 1 aromatic heterocycles. The molecule has 3 rings (SSSR count). The molecule has 1 heterocycles.